The lowest BCUT2D eigenvalue weighted by Gasteiger charge is -2.10. The summed E-state index contributed by atoms with van der Waals surface area (Å²) in [5, 5.41) is 7.20. The van der Waals surface area contributed by atoms with E-state index in [1.807, 2.05) is 25.1 Å². The Bertz CT molecular complexity index is 592. The van der Waals surface area contributed by atoms with E-state index in [2.05, 4.69) is 43.2 Å². The Morgan fingerprint density at radius 2 is 2.05 bits per heavy atom. The first kappa shape index (κ1) is 14.6. The van der Waals surface area contributed by atoms with Crippen molar-refractivity contribution in [3.63, 3.8) is 0 Å². The molecule has 0 saturated heterocycles. The highest BCUT2D eigenvalue weighted by atomic mass is 127. The van der Waals surface area contributed by atoms with Crippen LogP contribution in [0, 0.1) is 3.57 Å². The average Bonchev–Trinajstić information content (AvgIpc) is 2.37. The summed E-state index contributed by atoms with van der Waals surface area (Å²) in [6.07, 6.45) is 1.55. The molecule has 2 aromatic rings. The van der Waals surface area contributed by atoms with Crippen LogP contribution in [0.3, 0.4) is 0 Å². The van der Waals surface area contributed by atoms with E-state index in [9.17, 15) is 0 Å². The van der Waals surface area contributed by atoms with Crippen LogP contribution in [0.5, 0.6) is 0 Å². The van der Waals surface area contributed by atoms with Gasteiger partial charge in [0.2, 0.25) is 5.95 Å². The summed E-state index contributed by atoms with van der Waals surface area (Å²) in [4.78, 5) is 8.37. The lowest BCUT2D eigenvalue weighted by Crippen LogP contribution is -2.04. The molecule has 0 aliphatic heterocycles. The van der Waals surface area contributed by atoms with E-state index in [1.165, 1.54) is 0 Å². The first-order valence-corrected chi connectivity index (χ1v) is 7.42. The highest BCUT2D eigenvalue weighted by Gasteiger charge is 2.08. The molecule has 0 aliphatic carbocycles. The summed E-state index contributed by atoms with van der Waals surface area (Å²) >= 11 is 14.4. The molecule has 0 saturated carbocycles. The summed E-state index contributed by atoms with van der Waals surface area (Å²) in [6, 6.07) is 5.70. The highest BCUT2D eigenvalue weighted by molar-refractivity contribution is 14.1. The lowest BCUT2D eigenvalue weighted by molar-refractivity contribution is 1.09. The lowest BCUT2D eigenvalue weighted by atomic mass is 10.3. The quantitative estimate of drug-likeness (QED) is 0.728. The van der Waals surface area contributed by atoms with E-state index in [0.717, 1.165) is 15.8 Å². The third-order valence-corrected chi connectivity index (χ3v) is 3.52. The van der Waals surface area contributed by atoms with Crippen LogP contribution in [0.15, 0.2) is 24.4 Å². The second-order valence-corrected chi connectivity index (χ2v) is 5.73. The van der Waals surface area contributed by atoms with E-state index in [4.69, 9.17) is 23.2 Å². The highest BCUT2D eigenvalue weighted by Crippen LogP contribution is 2.29. The minimum Gasteiger partial charge on any atom is -0.354 e. The number of hydrogen-bond acceptors (Lipinski definition) is 4. The zero-order chi connectivity index (χ0) is 13.8. The van der Waals surface area contributed by atoms with Gasteiger partial charge in [0.1, 0.15) is 5.02 Å². The van der Waals surface area contributed by atoms with Crippen molar-refractivity contribution in [3.05, 3.63) is 38.0 Å². The van der Waals surface area contributed by atoms with Gasteiger partial charge in [-0.2, -0.15) is 4.98 Å². The molecule has 1 aromatic carbocycles. The Balaban J connectivity index is 2.29. The van der Waals surface area contributed by atoms with Gasteiger partial charge in [0.15, 0.2) is 5.82 Å². The summed E-state index contributed by atoms with van der Waals surface area (Å²) < 4.78 is 1.07. The van der Waals surface area contributed by atoms with Gasteiger partial charge in [-0.3, -0.25) is 0 Å². The van der Waals surface area contributed by atoms with Crippen LogP contribution in [-0.4, -0.2) is 16.5 Å². The molecule has 0 atom stereocenters. The number of nitrogens with one attached hydrogen (secondary N) is 2. The van der Waals surface area contributed by atoms with Crippen molar-refractivity contribution in [2.45, 2.75) is 6.92 Å². The molecule has 1 heterocycles. The number of anilines is 3. The van der Waals surface area contributed by atoms with E-state index in [-0.39, 0.29) is 0 Å². The smallest absolute Gasteiger partial charge is 0.224 e. The molecule has 19 heavy (non-hydrogen) atoms. The molecule has 0 radical (unpaired) electrons. The van der Waals surface area contributed by atoms with Crippen molar-refractivity contribution in [1.82, 2.24) is 9.97 Å². The minimum absolute atomic E-state index is 0.441. The van der Waals surface area contributed by atoms with Crippen molar-refractivity contribution in [3.8, 4) is 0 Å². The summed E-state index contributed by atoms with van der Waals surface area (Å²) in [5.74, 6) is 1.05. The second kappa shape index (κ2) is 6.58. The van der Waals surface area contributed by atoms with Crippen LogP contribution < -0.4 is 10.6 Å². The number of aromatic nitrogens is 2. The van der Waals surface area contributed by atoms with Gasteiger partial charge < -0.3 is 10.6 Å². The fourth-order valence-electron chi connectivity index (χ4n) is 1.42. The Morgan fingerprint density at radius 1 is 1.26 bits per heavy atom. The van der Waals surface area contributed by atoms with Crippen LogP contribution in [0.4, 0.5) is 17.5 Å². The van der Waals surface area contributed by atoms with Gasteiger partial charge in [0.05, 0.1) is 16.9 Å². The monoisotopic (exact) mass is 408 g/mol. The Labute approximate surface area is 135 Å². The maximum atomic E-state index is 6.16. The van der Waals surface area contributed by atoms with Crippen molar-refractivity contribution in [2.24, 2.45) is 0 Å². The normalized spacial score (nSPS) is 10.3. The van der Waals surface area contributed by atoms with Crippen LogP contribution in [0.2, 0.25) is 10.0 Å². The van der Waals surface area contributed by atoms with Crippen molar-refractivity contribution in [1.29, 1.82) is 0 Å². The van der Waals surface area contributed by atoms with Crippen molar-refractivity contribution >= 4 is 63.2 Å². The Hall–Kier alpha value is -0.790. The van der Waals surface area contributed by atoms with Gasteiger partial charge in [0, 0.05) is 10.1 Å². The predicted molar refractivity (Wildman–Crippen MR) is 88.7 cm³/mol. The van der Waals surface area contributed by atoms with E-state index < -0.39 is 0 Å². The molecular weight excluding hydrogens is 398 g/mol. The fourth-order valence-corrected chi connectivity index (χ4v) is 2.46. The zero-order valence-electron chi connectivity index (χ0n) is 10.0. The summed E-state index contributed by atoms with van der Waals surface area (Å²) in [7, 11) is 0. The summed E-state index contributed by atoms with van der Waals surface area (Å²) in [6.45, 7) is 2.71. The maximum absolute atomic E-state index is 6.16. The molecule has 2 rings (SSSR count). The van der Waals surface area contributed by atoms with Gasteiger partial charge in [0.25, 0.3) is 0 Å². The molecule has 100 valence electrons. The number of halogens is 3. The van der Waals surface area contributed by atoms with E-state index in [0.29, 0.717) is 21.8 Å². The largest absolute Gasteiger partial charge is 0.354 e. The number of rotatable bonds is 4. The van der Waals surface area contributed by atoms with Gasteiger partial charge >= 0.3 is 0 Å². The zero-order valence-corrected chi connectivity index (χ0v) is 13.7. The molecule has 2 N–H and O–H groups in total. The molecular formula is C12H11Cl2IN4. The van der Waals surface area contributed by atoms with Crippen LogP contribution >= 0.6 is 45.8 Å². The molecule has 0 aliphatic rings. The Kier molecular flexibility index (Phi) is 5.06. The minimum atomic E-state index is 0.441. The van der Waals surface area contributed by atoms with E-state index in [1.54, 1.807) is 6.20 Å². The molecule has 0 unspecified atom stereocenters. The van der Waals surface area contributed by atoms with Gasteiger partial charge in [-0.1, -0.05) is 23.2 Å². The molecule has 1 aromatic heterocycles. The van der Waals surface area contributed by atoms with Crippen molar-refractivity contribution < 1.29 is 0 Å². The molecule has 0 bridgehead atoms. The third-order valence-electron chi connectivity index (χ3n) is 2.26. The molecule has 0 amide bonds. The topological polar surface area (TPSA) is 49.8 Å². The van der Waals surface area contributed by atoms with Crippen LogP contribution in [-0.2, 0) is 0 Å². The number of nitrogens with zero attached hydrogens (tertiary/aromatic N) is 2. The molecule has 4 nitrogen and oxygen atoms in total. The first-order chi connectivity index (χ1) is 9.10. The van der Waals surface area contributed by atoms with Gasteiger partial charge in [-0.25, -0.2) is 4.98 Å². The number of hydrogen-bond donors (Lipinski definition) is 2. The van der Waals surface area contributed by atoms with Crippen LogP contribution in [0.1, 0.15) is 6.92 Å². The SMILES string of the molecule is CCNc1ncc(Cl)c(Nc2ccc(I)cc2Cl)n1. The predicted octanol–water partition coefficient (Wildman–Crippen LogP) is 4.56. The molecule has 0 fully saturated rings. The van der Waals surface area contributed by atoms with Gasteiger partial charge in [-0.15, -0.1) is 0 Å². The first-order valence-electron chi connectivity index (χ1n) is 5.58. The second-order valence-electron chi connectivity index (χ2n) is 3.67. The molecule has 7 heteroatoms. The standard InChI is InChI=1S/C12H11Cl2IN4/c1-2-16-12-17-6-9(14)11(19-12)18-10-4-3-7(15)5-8(10)13/h3-6H,2H2,1H3,(H2,16,17,18,19). The molecule has 0 spiro atoms. The Morgan fingerprint density at radius 3 is 2.74 bits per heavy atom. The van der Waals surface area contributed by atoms with Crippen LogP contribution in [0.25, 0.3) is 0 Å². The summed E-state index contributed by atoms with van der Waals surface area (Å²) in [5.41, 5.74) is 0.755. The third kappa shape index (κ3) is 3.84. The number of benzene rings is 1. The average molecular weight is 409 g/mol. The van der Waals surface area contributed by atoms with Gasteiger partial charge in [-0.05, 0) is 47.7 Å². The fraction of sp³-hybridized carbons (Fsp3) is 0.167. The van der Waals surface area contributed by atoms with Crippen molar-refractivity contribution in [2.75, 3.05) is 17.2 Å². The maximum Gasteiger partial charge on any atom is 0.224 e. The van der Waals surface area contributed by atoms with E-state index >= 15 is 0 Å².